The second kappa shape index (κ2) is 8.06. The number of piperazine rings is 1. The number of nitrogens with one attached hydrogen (secondary N) is 1. The lowest BCUT2D eigenvalue weighted by molar-refractivity contribution is 0.0779. The lowest BCUT2D eigenvalue weighted by atomic mass is 9.98. The molecule has 0 spiro atoms. The first-order valence-electron chi connectivity index (χ1n) is 7.13. The van der Waals surface area contributed by atoms with E-state index in [9.17, 15) is 0 Å². The number of methoxy groups -OCH3 is 1. The van der Waals surface area contributed by atoms with Gasteiger partial charge in [-0.3, -0.25) is 4.90 Å². The molecule has 0 amide bonds. The molecule has 1 heterocycles. The fourth-order valence-corrected chi connectivity index (χ4v) is 2.76. The highest BCUT2D eigenvalue weighted by atomic mass is 16.5. The predicted octanol–water partition coefficient (Wildman–Crippen LogP) is 2.12. The zero-order valence-electron chi connectivity index (χ0n) is 12.0. The fourth-order valence-electron chi connectivity index (χ4n) is 2.76. The van der Waals surface area contributed by atoms with Crippen molar-refractivity contribution in [3.63, 3.8) is 0 Å². The molecule has 1 aliphatic heterocycles. The monoisotopic (exact) mass is 242 g/mol. The van der Waals surface area contributed by atoms with E-state index in [4.69, 9.17) is 4.74 Å². The third-order valence-corrected chi connectivity index (χ3v) is 3.57. The van der Waals surface area contributed by atoms with E-state index in [-0.39, 0.29) is 0 Å². The summed E-state index contributed by atoms with van der Waals surface area (Å²) in [5.74, 6) is 0.777. The number of nitrogens with zero attached hydrogens (tertiary/aromatic N) is 1. The van der Waals surface area contributed by atoms with Gasteiger partial charge in [-0.25, -0.2) is 0 Å². The van der Waals surface area contributed by atoms with Crippen molar-refractivity contribution in [2.75, 3.05) is 33.4 Å². The van der Waals surface area contributed by atoms with Gasteiger partial charge >= 0.3 is 0 Å². The minimum absolute atomic E-state index is 0.667. The van der Waals surface area contributed by atoms with Gasteiger partial charge in [0.15, 0.2) is 0 Å². The third kappa shape index (κ3) is 5.36. The smallest absolute Gasteiger partial charge is 0.0589 e. The first kappa shape index (κ1) is 14.9. The Morgan fingerprint density at radius 2 is 2.18 bits per heavy atom. The maximum atomic E-state index is 5.23. The highest BCUT2D eigenvalue weighted by Gasteiger charge is 2.26. The van der Waals surface area contributed by atoms with Crippen molar-refractivity contribution in [2.45, 2.75) is 52.1 Å². The van der Waals surface area contributed by atoms with Crippen LogP contribution < -0.4 is 5.32 Å². The quantitative estimate of drug-likeness (QED) is 0.740. The molecule has 0 aliphatic carbocycles. The van der Waals surface area contributed by atoms with Gasteiger partial charge in [0, 0.05) is 38.8 Å². The van der Waals surface area contributed by atoms with Crippen LogP contribution in [0.15, 0.2) is 0 Å². The van der Waals surface area contributed by atoms with Gasteiger partial charge in [0.05, 0.1) is 6.61 Å². The van der Waals surface area contributed by atoms with Crippen LogP contribution >= 0.6 is 0 Å². The van der Waals surface area contributed by atoms with Gasteiger partial charge in [0.1, 0.15) is 0 Å². The Labute approximate surface area is 107 Å². The first-order valence-corrected chi connectivity index (χ1v) is 7.13. The fraction of sp³-hybridized carbons (Fsp3) is 1.00. The molecule has 17 heavy (non-hydrogen) atoms. The van der Waals surface area contributed by atoms with E-state index in [1.54, 1.807) is 7.11 Å². The van der Waals surface area contributed by atoms with E-state index in [1.165, 1.54) is 25.8 Å². The molecule has 102 valence electrons. The van der Waals surface area contributed by atoms with Crippen LogP contribution in [0.1, 0.15) is 40.0 Å². The zero-order valence-corrected chi connectivity index (χ0v) is 12.0. The molecule has 0 aromatic carbocycles. The van der Waals surface area contributed by atoms with Crippen LogP contribution in [-0.4, -0.2) is 50.3 Å². The highest BCUT2D eigenvalue weighted by molar-refractivity contribution is 4.86. The average Bonchev–Trinajstić information content (AvgIpc) is 2.28. The summed E-state index contributed by atoms with van der Waals surface area (Å²) in [6.45, 7) is 11.2. The minimum Gasteiger partial charge on any atom is -0.383 e. The Hall–Kier alpha value is -0.120. The lowest BCUT2D eigenvalue weighted by Crippen LogP contribution is -2.57. The molecular formula is C14H30N2O. The van der Waals surface area contributed by atoms with Gasteiger partial charge in [0.25, 0.3) is 0 Å². The lowest BCUT2D eigenvalue weighted by Gasteiger charge is -2.41. The van der Waals surface area contributed by atoms with Gasteiger partial charge < -0.3 is 10.1 Å². The molecule has 0 aromatic rings. The summed E-state index contributed by atoms with van der Waals surface area (Å²) >= 11 is 0. The van der Waals surface area contributed by atoms with Gasteiger partial charge in [-0.15, -0.1) is 0 Å². The Kier molecular flexibility index (Phi) is 7.09. The zero-order chi connectivity index (χ0) is 12.7. The van der Waals surface area contributed by atoms with Gasteiger partial charge in [0.2, 0.25) is 0 Å². The van der Waals surface area contributed by atoms with Crippen molar-refractivity contribution in [3.05, 3.63) is 0 Å². The molecule has 2 unspecified atom stereocenters. The van der Waals surface area contributed by atoms with Crippen LogP contribution in [0.5, 0.6) is 0 Å². The topological polar surface area (TPSA) is 24.5 Å². The van der Waals surface area contributed by atoms with E-state index in [0.29, 0.717) is 12.1 Å². The van der Waals surface area contributed by atoms with E-state index in [0.717, 1.165) is 25.6 Å². The van der Waals surface area contributed by atoms with Crippen LogP contribution in [0.2, 0.25) is 0 Å². The molecule has 0 saturated carbocycles. The normalized spacial score (nSPS) is 26.6. The van der Waals surface area contributed by atoms with Crippen molar-refractivity contribution in [1.82, 2.24) is 10.2 Å². The molecule has 3 heteroatoms. The number of hydrogen-bond acceptors (Lipinski definition) is 3. The van der Waals surface area contributed by atoms with Crippen molar-refractivity contribution in [3.8, 4) is 0 Å². The summed E-state index contributed by atoms with van der Waals surface area (Å²) in [5.41, 5.74) is 0. The minimum atomic E-state index is 0.667. The molecule has 1 N–H and O–H groups in total. The molecule has 0 radical (unpaired) electrons. The Bertz CT molecular complexity index is 197. The number of rotatable bonds is 7. The number of hydrogen-bond donors (Lipinski definition) is 1. The Balaban J connectivity index is 2.44. The molecule has 1 aliphatic rings. The SMILES string of the molecule is CCCC1CNC(CC(C)C)CN1CCOC. The summed E-state index contributed by atoms with van der Waals surface area (Å²) in [6.07, 6.45) is 3.85. The highest BCUT2D eigenvalue weighted by Crippen LogP contribution is 2.16. The van der Waals surface area contributed by atoms with E-state index in [1.807, 2.05) is 0 Å². The van der Waals surface area contributed by atoms with Crippen LogP contribution in [0, 0.1) is 5.92 Å². The maximum Gasteiger partial charge on any atom is 0.0589 e. The molecule has 0 bridgehead atoms. The van der Waals surface area contributed by atoms with Gasteiger partial charge in [-0.1, -0.05) is 27.2 Å². The van der Waals surface area contributed by atoms with E-state index >= 15 is 0 Å². The average molecular weight is 242 g/mol. The largest absolute Gasteiger partial charge is 0.383 e. The molecule has 0 aromatic heterocycles. The summed E-state index contributed by atoms with van der Waals surface area (Å²) < 4.78 is 5.23. The van der Waals surface area contributed by atoms with Gasteiger partial charge in [-0.05, 0) is 18.8 Å². The molecular weight excluding hydrogens is 212 g/mol. The van der Waals surface area contributed by atoms with Crippen molar-refractivity contribution in [1.29, 1.82) is 0 Å². The Morgan fingerprint density at radius 3 is 2.76 bits per heavy atom. The molecule has 2 atom stereocenters. The van der Waals surface area contributed by atoms with Crippen molar-refractivity contribution < 1.29 is 4.74 Å². The summed E-state index contributed by atoms with van der Waals surface area (Å²) in [6, 6.07) is 1.37. The molecule has 1 fully saturated rings. The second-order valence-electron chi connectivity index (χ2n) is 5.66. The van der Waals surface area contributed by atoms with Crippen LogP contribution in [0.3, 0.4) is 0 Å². The molecule has 3 nitrogen and oxygen atoms in total. The number of ether oxygens (including phenoxy) is 1. The van der Waals surface area contributed by atoms with E-state index < -0.39 is 0 Å². The second-order valence-corrected chi connectivity index (χ2v) is 5.66. The van der Waals surface area contributed by atoms with Crippen LogP contribution in [0.25, 0.3) is 0 Å². The van der Waals surface area contributed by atoms with Crippen molar-refractivity contribution >= 4 is 0 Å². The van der Waals surface area contributed by atoms with Crippen LogP contribution in [0.4, 0.5) is 0 Å². The standard InChI is InChI=1S/C14H30N2O/c1-5-6-14-10-15-13(9-12(2)3)11-16(14)7-8-17-4/h12-15H,5-11H2,1-4H3. The summed E-state index contributed by atoms with van der Waals surface area (Å²) in [5, 5.41) is 3.71. The van der Waals surface area contributed by atoms with E-state index in [2.05, 4.69) is 31.0 Å². The summed E-state index contributed by atoms with van der Waals surface area (Å²) in [4.78, 5) is 2.62. The Morgan fingerprint density at radius 1 is 1.41 bits per heavy atom. The maximum absolute atomic E-state index is 5.23. The molecule has 1 saturated heterocycles. The molecule has 1 rings (SSSR count). The van der Waals surface area contributed by atoms with Crippen molar-refractivity contribution in [2.24, 2.45) is 5.92 Å². The summed E-state index contributed by atoms with van der Waals surface area (Å²) in [7, 11) is 1.79. The predicted molar refractivity (Wildman–Crippen MR) is 73.4 cm³/mol. The van der Waals surface area contributed by atoms with Crippen LogP contribution in [-0.2, 0) is 4.74 Å². The first-order chi connectivity index (χ1) is 8.17. The van der Waals surface area contributed by atoms with Gasteiger partial charge in [-0.2, -0.15) is 0 Å². The third-order valence-electron chi connectivity index (χ3n) is 3.57.